The van der Waals surface area contributed by atoms with Crippen molar-refractivity contribution in [2.24, 2.45) is 10.8 Å². The molecule has 0 aliphatic carbocycles. The van der Waals surface area contributed by atoms with Crippen LogP contribution in [0.25, 0.3) is 0 Å². The maximum Gasteiger partial charge on any atom is 0.267 e. The second-order valence-electron chi connectivity index (χ2n) is 3.96. The van der Waals surface area contributed by atoms with Crippen LogP contribution in [0.3, 0.4) is 0 Å². The summed E-state index contributed by atoms with van der Waals surface area (Å²) in [4.78, 5) is 4.31. The molecule has 0 fully saturated rings. The van der Waals surface area contributed by atoms with E-state index in [0.717, 1.165) is 15.8 Å². The molecule has 0 saturated carbocycles. The zero-order chi connectivity index (χ0) is 14.2. The van der Waals surface area contributed by atoms with Crippen molar-refractivity contribution in [1.82, 2.24) is 13.9 Å². The number of aliphatic imine (C=N–C) groups is 1. The molecule has 2 heterocycles. The third-order valence-corrected chi connectivity index (χ3v) is 5.21. The zero-order valence-corrected chi connectivity index (χ0v) is 11.7. The first-order valence-corrected chi connectivity index (χ1v) is 7.77. The molecule has 0 bridgehead atoms. The maximum absolute atomic E-state index is 12.5. The minimum atomic E-state index is -3.63. The molecule has 0 saturated heterocycles. The largest absolute Gasteiger partial charge is 0.313 e. The molecule has 0 amide bonds. The smallest absolute Gasteiger partial charge is 0.267 e. The summed E-state index contributed by atoms with van der Waals surface area (Å²) in [5.41, 5.74) is 3.32. The van der Waals surface area contributed by atoms with Crippen LogP contribution in [0.1, 0.15) is 5.69 Å². The number of nitrogens with two attached hydrogens (primary N) is 1. The Hall–Kier alpha value is -2.04. The van der Waals surface area contributed by atoms with Crippen LogP contribution in [0.2, 0.25) is 0 Å². The van der Waals surface area contributed by atoms with E-state index in [4.69, 9.17) is 5.84 Å². The van der Waals surface area contributed by atoms with E-state index >= 15 is 0 Å². The van der Waals surface area contributed by atoms with Crippen molar-refractivity contribution in [3.63, 3.8) is 0 Å². The van der Waals surface area contributed by atoms with E-state index in [-0.39, 0.29) is 11.4 Å². The van der Waals surface area contributed by atoms with Crippen LogP contribution in [0.4, 0.5) is 10.7 Å². The van der Waals surface area contributed by atoms with Crippen molar-refractivity contribution in [2.45, 2.75) is 11.4 Å². The number of benzene rings is 1. The van der Waals surface area contributed by atoms with E-state index in [2.05, 4.69) is 20.0 Å². The van der Waals surface area contributed by atoms with Gasteiger partial charge in [-0.25, -0.2) is 23.6 Å². The molecule has 104 valence electrons. The number of hydrogen-bond donors (Lipinski definition) is 2. The van der Waals surface area contributed by atoms with Crippen molar-refractivity contribution < 1.29 is 8.42 Å². The van der Waals surface area contributed by atoms with Gasteiger partial charge in [0.25, 0.3) is 10.0 Å². The third-order valence-electron chi connectivity index (χ3n) is 2.77. The highest BCUT2D eigenvalue weighted by Crippen LogP contribution is 2.31. The Morgan fingerprint density at radius 1 is 1.35 bits per heavy atom. The van der Waals surface area contributed by atoms with Crippen LogP contribution in [-0.2, 0) is 16.6 Å². The molecule has 2 aromatic rings. The average Bonchev–Trinajstić information content (AvgIpc) is 2.89. The number of nitrogen functional groups attached to an aromatic ring is 1. The first kappa shape index (κ1) is 13.0. The van der Waals surface area contributed by atoms with Gasteiger partial charge in [0.15, 0.2) is 0 Å². The monoisotopic (exact) mass is 310 g/mol. The SMILES string of the molecule is NNc1snnc1CN1C=Nc2ccccc2S1(=O)=O. The number of nitrogens with zero attached hydrogens (tertiary/aromatic N) is 4. The summed E-state index contributed by atoms with van der Waals surface area (Å²) >= 11 is 1.06. The molecule has 0 spiro atoms. The predicted molar refractivity (Wildman–Crippen MR) is 75.0 cm³/mol. The second-order valence-corrected chi connectivity index (χ2v) is 6.57. The van der Waals surface area contributed by atoms with Gasteiger partial charge in [-0.15, -0.1) is 5.10 Å². The number of rotatable bonds is 3. The number of hydrazine groups is 1. The highest BCUT2D eigenvalue weighted by Gasteiger charge is 2.29. The maximum atomic E-state index is 12.5. The number of aromatic nitrogens is 2. The highest BCUT2D eigenvalue weighted by molar-refractivity contribution is 7.89. The van der Waals surface area contributed by atoms with Gasteiger partial charge in [0.1, 0.15) is 21.9 Å². The fourth-order valence-electron chi connectivity index (χ4n) is 1.79. The molecule has 10 heteroatoms. The lowest BCUT2D eigenvalue weighted by Gasteiger charge is -2.23. The number of sulfonamides is 1. The van der Waals surface area contributed by atoms with Crippen LogP contribution in [0.5, 0.6) is 0 Å². The van der Waals surface area contributed by atoms with E-state index in [1.54, 1.807) is 18.2 Å². The average molecular weight is 310 g/mol. The lowest BCUT2D eigenvalue weighted by molar-refractivity contribution is 0.518. The van der Waals surface area contributed by atoms with E-state index in [1.807, 2.05) is 0 Å². The summed E-state index contributed by atoms with van der Waals surface area (Å²) in [6.45, 7) is 0.0240. The van der Waals surface area contributed by atoms with Crippen LogP contribution in [0.15, 0.2) is 34.2 Å². The molecule has 3 rings (SSSR count). The number of nitrogens with one attached hydrogen (secondary N) is 1. The lowest BCUT2D eigenvalue weighted by atomic mass is 10.3. The van der Waals surface area contributed by atoms with Gasteiger partial charge in [0.05, 0.1) is 12.2 Å². The van der Waals surface area contributed by atoms with Crippen molar-refractivity contribution >= 4 is 38.6 Å². The minimum Gasteiger partial charge on any atom is -0.313 e. The van der Waals surface area contributed by atoms with Gasteiger partial charge in [-0.1, -0.05) is 16.6 Å². The fraction of sp³-hybridized carbons (Fsp3) is 0.100. The summed E-state index contributed by atoms with van der Waals surface area (Å²) in [5, 5.41) is 4.38. The second kappa shape index (κ2) is 4.81. The molecule has 1 aliphatic rings. The van der Waals surface area contributed by atoms with Crippen LogP contribution >= 0.6 is 11.5 Å². The highest BCUT2D eigenvalue weighted by atomic mass is 32.2. The van der Waals surface area contributed by atoms with Crippen LogP contribution in [0, 0.1) is 0 Å². The Morgan fingerprint density at radius 3 is 2.95 bits per heavy atom. The molecule has 8 nitrogen and oxygen atoms in total. The standard InChI is InChI=1S/C10H10N6O2S2/c11-13-10-8(14-15-19-10)5-16-6-12-7-3-1-2-4-9(7)20(16,17)18/h1-4,6,13H,5,11H2. The van der Waals surface area contributed by atoms with E-state index in [0.29, 0.717) is 16.4 Å². The Bertz CT molecular complexity index is 770. The van der Waals surface area contributed by atoms with Crippen LogP contribution in [-0.4, -0.2) is 28.6 Å². The van der Waals surface area contributed by atoms with Gasteiger partial charge in [0, 0.05) is 11.5 Å². The molecule has 0 unspecified atom stereocenters. The van der Waals surface area contributed by atoms with E-state index in [1.165, 1.54) is 12.4 Å². The third kappa shape index (κ3) is 2.03. The van der Waals surface area contributed by atoms with Crippen molar-refractivity contribution in [2.75, 3.05) is 5.43 Å². The van der Waals surface area contributed by atoms with Crippen LogP contribution < -0.4 is 11.3 Å². The molecular weight excluding hydrogens is 300 g/mol. The Kier molecular flexibility index (Phi) is 3.12. The molecule has 20 heavy (non-hydrogen) atoms. The van der Waals surface area contributed by atoms with Gasteiger partial charge < -0.3 is 5.43 Å². The van der Waals surface area contributed by atoms with E-state index in [9.17, 15) is 8.42 Å². The first-order chi connectivity index (χ1) is 9.63. The van der Waals surface area contributed by atoms with Gasteiger partial charge in [-0.2, -0.15) is 0 Å². The molecular formula is C10H10N6O2S2. The molecule has 3 N–H and O–H groups in total. The summed E-state index contributed by atoms with van der Waals surface area (Å²) in [6, 6.07) is 6.57. The van der Waals surface area contributed by atoms with Gasteiger partial charge in [-0.3, -0.25) is 0 Å². The number of para-hydroxylation sites is 1. The Labute approximate surface area is 119 Å². The molecule has 0 radical (unpaired) electrons. The Balaban J connectivity index is 1.98. The minimum absolute atomic E-state index is 0.0240. The first-order valence-electron chi connectivity index (χ1n) is 5.56. The summed E-state index contributed by atoms with van der Waals surface area (Å²) in [5.74, 6) is 5.32. The normalized spacial score (nSPS) is 15.9. The lowest BCUT2D eigenvalue weighted by Crippen LogP contribution is -2.32. The molecule has 1 aromatic heterocycles. The van der Waals surface area contributed by atoms with Crippen molar-refractivity contribution in [3.05, 3.63) is 30.0 Å². The van der Waals surface area contributed by atoms with E-state index < -0.39 is 10.0 Å². The zero-order valence-electron chi connectivity index (χ0n) is 10.1. The van der Waals surface area contributed by atoms with Gasteiger partial charge in [0.2, 0.25) is 0 Å². The number of hydrogen-bond acceptors (Lipinski definition) is 8. The Morgan fingerprint density at radius 2 is 2.15 bits per heavy atom. The molecule has 0 atom stereocenters. The predicted octanol–water partition coefficient (Wildman–Crippen LogP) is 0.688. The quantitative estimate of drug-likeness (QED) is 0.637. The molecule has 1 aliphatic heterocycles. The van der Waals surface area contributed by atoms with Crippen molar-refractivity contribution in [3.8, 4) is 0 Å². The summed E-state index contributed by atoms with van der Waals surface area (Å²) < 4.78 is 29.8. The fourth-order valence-corrected chi connectivity index (χ4v) is 3.63. The summed E-state index contributed by atoms with van der Waals surface area (Å²) in [6.07, 6.45) is 1.28. The topological polar surface area (TPSA) is 114 Å². The molecule has 1 aromatic carbocycles. The van der Waals surface area contributed by atoms with Gasteiger partial charge in [-0.05, 0) is 12.1 Å². The van der Waals surface area contributed by atoms with Gasteiger partial charge >= 0.3 is 0 Å². The number of anilines is 1. The van der Waals surface area contributed by atoms with Crippen molar-refractivity contribution in [1.29, 1.82) is 0 Å². The summed E-state index contributed by atoms with van der Waals surface area (Å²) in [7, 11) is -3.63. The number of fused-ring (bicyclic) bond motifs is 1.